The van der Waals surface area contributed by atoms with Crippen LogP contribution in [0.25, 0.3) is 0 Å². The molecular formula is C12H17N5. The first-order valence-corrected chi connectivity index (χ1v) is 5.63. The van der Waals surface area contributed by atoms with Crippen LogP contribution in [-0.2, 0) is 13.5 Å². The summed E-state index contributed by atoms with van der Waals surface area (Å²) in [5.41, 5.74) is 3.33. The van der Waals surface area contributed by atoms with Crippen LogP contribution in [0, 0.1) is 6.92 Å². The molecule has 1 unspecified atom stereocenters. The van der Waals surface area contributed by atoms with Gasteiger partial charge in [-0.05, 0) is 25.1 Å². The van der Waals surface area contributed by atoms with Gasteiger partial charge in [0.15, 0.2) is 0 Å². The third-order valence-corrected chi connectivity index (χ3v) is 2.71. The van der Waals surface area contributed by atoms with E-state index in [4.69, 9.17) is 0 Å². The fraction of sp³-hybridized carbons (Fsp3) is 0.417. The second kappa shape index (κ2) is 5.05. The average molecular weight is 231 g/mol. The normalized spacial score (nSPS) is 12.6. The lowest BCUT2D eigenvalue weighted by Crippen LogP contribution is -2.19. The molecule has 0 amide bonds. The predicted octanol–water partition coefficient (Wildman–Crippen LogP) is 1.02. The molecule has 2 aromatic rings. The van der Waals surface area contributed by atoms with Crippen molar-refractivity contribution >= 4 is 0 Å². The molecule has 2 heterocycles. The van der Waals surface area contributed by atoms with Crippen LogP contribution in [-0.4, -0.2) is 27.0 Å². The minimum Gasteiger partial charge on any atom is -0.313 e. The molecule has 2 aromatic heterocycles. The molecule has 2 rings (SSSR count). The maximum atomic E-state index is 4.22. The molecule has 0 radical (unpaired) electrons. The molecule has 0 bridgehead atoms. The first-order valence-electron chi connectivity index (χ1n) is 5.63. The van der Waals surface area contributed by atoms with E-state index in [-0.39, 0.29) is 6.04 Å². The van der Waals surface area contributed by atoms with Crippen molar-refractivity contribution in [2.24, 2.45) is 7.05 Å². The molecule has 0 aromatic carbocycles. The van der Waals surface area contributed by atoms with Gasteiger partial charge < -0.3 is 5.32 Å². The highest BCUT2D eigenvalue weighted by atomic mass is 15.4. The van der Waals surface area contributed by atoms with Crippen molar-refractivity contribution in [1.82, 2.24) is 25.3 Å². The molecule has 0 fully saturated rings. The highest BCUT2D eigenvalue weighted by Gasteiger charge is 2.12. The highest BCUT2D eigenvalue weighted by molar-refractivity contribution is 5.21. The summed E-state index contributed by atoms with van der Waals surface area (Å²) in [6, 6.07) is 2.36. The maximum Gasteiger partial charge on any atom is 0.0845 e. The summed E-state index contributed by atoms with van der Waals surface area (Å²) in [7, 11) is 3.82. The molecule has 5 heteroatoms. The zero-order valence-electron chi connectivity index (χ0n) is 10.4. The van der Waals surface area contributed by atoms with Crippen molar-refractivity contribution in [3.05, 3.63) is 41.5 Å². The number of hydrogen-bond acceptors (Lipinski definition) is 4. The summed E-state index contributed by atoms with van der Waals surface area (Å²) in [4.78, 5) is 4.22. The smallest absolute Gasteiger partial charge is 0.0845 e. The number of nitrogens with one attached hydrogen (secondary N) is 1. The van der Waals surface area contributed by atoms with Crippen LogP contribution in [0.15, 0.2) is 24.7 Å². The van der Waals surface area contributed by atoms with Gasteiger partial charge in [0, 0.05) is 38.1 Å². The summed E-state index contributed by atoms with van der Waals surface area (Å²) in [6.07, 6.45) is 6.51. The molecule has 1 N–H and O–H groups in total. The minimum atomic E-state index is 0.221. The van der Waals surface area contributed by atoms with Crippen LogP contribution in [0.1, 0.15) is 22.9 Å². The lowest BCUT2D eigenvalue weighted by atomic mass is 10.0. The van der Waals surface area contributed by atoms with Crippen LogP contribution < -0.4 is 5.32 Å². The van der Waals surface area contributed by atoms with Gasteiger partial charge in [0.25, 0.3) is 0 Å². The summed E-state index contributed by atoms with van der Waals surface area (Å²) in [6.45, 7) is 2.05. The standard InChI is InChI=1S/C12H17N5/c1-9-4-10(7-14-6-9)12(13-2)5-11-8-17(3)16-15-11/h4,6-8,12-13H,5H2,1-3H3. The third-order valence-electron chi connectivity index (χ3n) is 2.71. The first-order chi connectivity index (χ1) is 8.19. The lowest BCUT2D eigenvalue weighted by Gasteiger charge is -2.15. The van der Waals surface area contributed by atoms with E-state index in [1.54, 1.807) is 4.68 Å². The molecule has 1 atom stereocenters. The second-order valence-corrected chi connectivity index (χ2v) is 4.22. The van der Waals surface area contributed by atoms with E-state index in [9.17, 15) is 0 Å². The number of aryl methyl sites for hydroxylation is 2. The van der Waals surface area contributed by atoms with Gasteiger partial charge in [0.05, 0.1) is 5.69 Å². The SMILES string of the molecule is CNC(Cc1cn(C)nn1)c1cncc(C)c1. The van der Waals surface area contributed by atoms with Crippen molar-refractivity contribution in [3.63, 3.8) is 0 Å². The molecule has 0 aliphatic heterocycles. The van der Waals surface area contributed by atoms with E-state index in [0.29, 0.717) is 0 Å². The largest absolute Gasteiger partial charge is 0.313 e. The van der Waals surface area contributed by atoms with Crippen molar-refractivity contribution in [3.8, 4) is 0 Å². The monoisotopic (exact) mass is 231 g/mol. The van der Waals surface area contributed by atoms with Gasteiger partial charge in [-0.1, -0.05) is 11.3 Å². The van der Waals surface area contributed by atoms with Gasteiger partial charge in [-0.15, -0.1) is 5.10 Å². The molecule has 0 aliphatic carbocycles. The number of aromatic nitrogens is 4. The Balaban J connectivity index is 2.16. The minimum absolute atomic E-state index is 0.221. The van der Waals surface area contributed by atoms with E-state index < -0.39 is 0 Å². The van der Waals surface area contributed by atoms with Gasteiger partial charge in [-0.25, -0.2) is 0 Å². The Morgan fingerprint density at radius 3 is 2.82 bits per heavy atom. The Morgan fingerprint density at radius 1 is 1.41 bits per heavy atom. The van der Waals surface area contributed by atoms with E-state index >= 15 is 0 Å². The molecule has 90 valence electrons. The third kappa shape index (κ3) is 2.88. The number of nitrogens with zero attached hydrogens (tertiary/aromatic N) is 4. The zero-order chi connectivity index (χ0) is 12.3. The van der Waals surface area contributed by atoms with Crippen LogP contribution >= 0.6 is 0 Å². The predicted molar refractivity (Wildman–Crippen MR) is 65.5 cm³/mol. The van der Waals surface area contributed by atoms with Crippen LogP contribution in [0.5, 0.6) is 0 Å². The highest BCUT2D eigenvalue weighted by Crippen LogP contribution is 2.16. The van der Waals surface area contributed by atoms with Gasteiger partial charge in [0.2, 0.25) is 0 Å². The van der Waals surface area contributed by atoms with Crippen molar-refractivity contribution in [1.29, 1.82) is 0 Å². The Hall–Kier alpha value is -1.75. The van der Waals surface area contributed by atoms with E-state index in [2.05, 4.69) is 26.7 Å². The van der Waals surface area contributed by atoms with Crippen molar-refractivity contribution in [2.75, 3.05) is 7.05 Å². The second-order valence-electron chi connectivity index (χ2n) is 4.22. The zero-order valence-corrected chi connectivity index (χ0v) is 10.4. The fourth-order valence-electron chi connectivity index (χ4n) is 1.85. The van der Waals surface area contributed by atoms with Crippen LogP contribution in [0.4, 0.5) is 0 Å². The Morgan fingerprint density at radius 2 is 2.24 bits per heavy atom. The molecule has 0 saturated carbocycles. The Labute approximate surface area is 101 Å². The molecular weight excluding hydrogens is 214 g/mol. The number of likely N-dealkylation sites (N-methyl/N-ethyl adjacent to an activating group) is 1. The van der Waals surface area contributed by atoms with Crippen LogP contribution in [0.2, 0.25) is 0 Å². The molecule has 0 aliphatic rings. The van der Waals surface area contributed by atoms with Gasteiger partial charge in [-0.2, -0.15) is 0 Å². The quantitative estimate of drug-likeness (QED) is 0.853. The summed E-state index contributed by atoms with van der Waals surface area (Å²) < 4.78 is 1.72. The van der Waals surface area contributed by atoms with Crippen molar-refractivity contribution in [2.45, 2.75) is 19.4 Å². The van der Waals surface area contributed by atoms with Gasteiger partial charge >= 0.3 is 0 Å². The van der Waals surface area contributed by atoms with Gasteiger partial charge in [-0.3, -0.25) is 9.67 Å². The Kier molecular flexibility index (Phi) is 3.49. The fourth-order valence-corrected chi connectivity index (χ4v) is 1.85. The van der Waals surface area contributed by atoms with E-state index in [0.717, 1.165) is 12.1 Å². The summed E-state index contributed by atoms with van der Waals surface area (Å²) >= 11 is 0. The number of pyridine rings is 1. The van der Waals surface area contributed by atoms with Crippen molar-refractivity contribution < 1.29 is 0 Å². The maximum absolute atomic E-state index is 4.22. The van der Waals surface area contributed by atoms with Gasteiger partial charge in [0.1, 0.15) is 0 Å². The molecule has 17 heavy (non-hydrogen) atoms. The Bertz CT molecular complexity index is 491. The van der Waals surface area contributed by atoms with Crippen LogP contribution in [0.3, 0.4) is 0 Å². The number of hydrogen-bond donors (Lipinski definition) is 1. The lowest BCUT2D eigenvalue weighted by molar-refractivity contribution is 0.581. The first kappa shape index (κ1) is 11.7. The molecule has 5 nitrogen and oxygen atoms in total. The summed E-state index contributed by atoms with van der Waals surface area (Å²) in [5, 5.41) is 11.3. The van der Waals surface area contributed by atoms with E-state index in [1.165, 1.54) is 11.1 Å². The number of rotatable bonds is 4. The molecule has 0 saturated heterocycles. The van der Waals surface area contributed by atoms with E-state index in [1.807, 2.05) is 39.6 Å². The molecule has 0 spiro atoms. The topological polar surface area (TPSA) is 55.6 Å². The average Bonchev–Trinajstić information content (AvgIpc) is 2.72. The summed E-state index contributed by atoms with van der Waals surface area (Å²) in [5.74, 6) is 0.